The zero-order valence-electron chi connectivity index (χ0n) is 19.1. The predicted molar refractivity (Wildman–Crippen MR) is 116 cm³/mol. The van der Waals surface area contributed by atoms with Crippen LogP contribution in [0.25, 0.3) is 0 Å². The first-order valence-electron chi connectivity index (χ1n) is 11.1. The molecule has 0 radical (unpaired) electrons. The van der Waals surface area contributed by atoms with Gasteiger partial charge in [0.1, 0.15) is 5.82 Å². The monoisotopic (exact) mass is 496 g/mol. The van der Waals surface area contributed by atoms with Crippen LogP contribution in [0.5, 0.6) is 5.75 Å². The summed E-state index contributed by atoms with van der Waals surface area (Å²) < 4.78 is 60.0. The van der Waals surface area contributed by atoms with E-state index in [1.165, 1.54) is 22.8 Å². The van der Waals surface area contributed by atoms with Gasteiger partial charge in [0.25, 0.3) is 5.91 Å². The largest absolute Gasteiger partial charge is 0.503 e. The van der Waals surface area contributed by atoms with Crippen LogP contribution >= 0.6 is 0 Å². The molecule has 4 rings (SSSR count). The highest BCUT2D eigenvalue weighted by atomic mass is 19.4. The third kappa shape index (κ3) is 4.11. The minimum atomic E-state index is -4.89. The number of halogens is 4. The normalized spacial score (nSPS) is 21.4. The number of fused-ring (bicyclic) bond motifs is 2. The van der Waals surface area contributed by atoms with Gasteiger partial charge in [0.2, 0.25) is 5.43 Å². The lowest BCUT2D eigenvalue weighted by Crippen LogP contribution is -2.49. The van der Waals surface area contributed by atoms with Gasteiger partial charge >= 0.3 is 6.18 Å². The molecule has 1 fully saturated rings. The van der Waals surface area contributed by atoms with Crippen LogP contribution in [0.3, 0.4) is 0 Å². The van der Waals surface area contributed by atoms with Crippen LogP contribution < -0.4 is 5.43 Å². The molecule has 7 nitrogen and oxygen atoms in total. The quantitative estimate of drug-likeness (QED) is 0.469. The molecule has 1 saturated carbocycles. The van der Waals surface area contributed by atoms with E-state index in [4.69, 9.17) is 4.74 Å². The van der Waals surface area contributed by atoms with Crippen LogP contribution in [0.15, 0.2) is 29.2 Å². The molecule has 1 aromatic carbocycles. The zero-order valence-corrected chi connectivity index (χ0v) is 19.1. The Labute approximate surface area is 197 Å². The standard InChI is InChI=1S/C24H24F4N2O5/c1-3-29-12-23(9-14(23)11-35-2)30-10-15(20(32)21(33)19(30)22(29)34)17(31)8-7-13-5-4-6-16(18(13)25)24(26,27)28/h4-6,10,14,33H,3,7-9,11-12H2,1-2H3/t14-,23-/m1/s1. The number of methoxy groups -OCH3 is 1. The van der Waals surface area contributed by atoms with Crippen molar-refractivity contribution in [2.75, 3.05) is 26.8 Å². The second-order valence-corrected chi connectivity index (χ2v) is 8.92. The highest BCUT2D eigenvalue weighted by Crippen LogP contribution is 2.54. The molecule has 35 heavy (non-hydrogen) atoms. The Morgan fingerprint density at radius 1 is 1.29 bits per heavy atom. The number of alkyl halides is 3. The number of carbonyl (C=O) groups excluding carboxylic acids is 2. The van der Waals surface area contributed by atoms with E-state index in [-0.39, 0.29) is 23.6 Å². The molecule has 0 saturated heterocycles. The van der Waals surface area contributed by atoms with Crippen molar-refractivity contribution in [3.8, 4) is 5.75 Å². The Bertz CT molecular complexity index is 1260. The third-order valence-electron chi connectivity index (χ3n) is 6.87. The van der Waals surface area contributed by atoms with Gasteiger partial charge < -0.3 is 19.3 Å². The fraction of sp³-hybridized carbons (Fsp3) is 0.458. The van der Waals surface area contributed by atoms with Gasteiger partial charge in [-0.1, -0.05) is 12.1 Å². The molecule has 1 aliphatic carbocycles. The van der Waals surface area contributed by atoms with Crippen molar-refractivity contribution in [3.05, 3.63) is 62.8 Å². The SMILES string of the molecule is CCN1C[C@@]2(C[C@@H]2COC)n2cc(C(=O)CCc3cccc(C(F)(F)F)c3F)c(=O)c(O)c2C1=O. The van der Waals surface area contributed by atoms with Crippen molar-refractivity contribution in [2.24, 2.45) is 5.92 Å². The maximum Gasteiger partial charge on any atom is 0.419 e. The van der Waals surface area contributed by atoms with E-state index in [2.05, 4.69) is 0 Å². The first-order chi connectivity index (χ1) is 16.5. The second kappa shape index (κ2) is 8.78. The number of hydrogen-bond donors (Lipinski definition) is 1. The predicted octanol–water partition coefficient (Wildman–Crippen LogP) is 3.36. The van der Waals surface area contributed by atoms with Crippen molar-refractivity contribution in [1.82, 2.24) is 9.47 Å². The van der Waals surface area contributed by atoms with E-state index in [9.17, 15) is 37.1 Å². The molecular weight excluding hydrogens is 472 g/mol. The van der Waals surface area contributed by atoms with Gasteiger partial charge in [0.05, 0.1) is 23.3 Å². The number of benzene rings is 1. The smallest absolute Gasteiger partial charge is 0.419 e. The van der Waals surface area contributed by atoms with Gasteiger partial charge in [-0.15, -0.1) is 0 Å². The molecule has 1 aromatic heterocycles. The van der Waals surface area contributed by atoms with E-state index >= 15 is 0 Å². The number of rotatable bonds is 7. The zero-order chi connectivity index (χ0) is 25.7. The lowest BCUT2D eigenvalue weighted by molar-refractivity contribution is -0.140. The molecule has 1 spiro atoms. The van der Waals surface area contributed by atoms with E-state index in [1.54, 1.807) is 6.92 Å². The molecule has 0 bridgehead atoms. The molecule has 1 aliphatic heterocycles. The maximum atomic E-state index is 14.3. The van der Waals surface area contributed by atoms with Gasteiger partial charge in [0, 0.05) is 38.7 Å². The van der Waals surface area contributed by atoms with Crippen molar-refractivity contribution in [1.29, 1.82) is 0 Å². The minimum absolute atomic E-state index is 0.0162. The molecular formula is C24H24F4N2O5. The molecule has 188 valence electrons. The number of amides is 1. The Balaban J connectivity index is 1.68. The maximum absolute atomic E-state index is 14.3. The number of pyridine rings is 1. The van der Waals surface area contributed by atoms with E-state index < -0.39 is 57.9 Å². The Hall–Kier alpha value is -3.21. The lowest BCUT2D eigenvalue weighted by Gasteiger charge is -2.37. The summed E-state index contributed by atoms with van der Waals surface area (Å²) in [7, 11) is 1.53. The van der Waals surface area contributed by atoms with Crippen LogP contribution in [-0.2, 0) is 22.9 Å². The number of aromatic nitrogens is 1. The Morgan fingerprint density at radius 2 is 2.00 bits per heavy atom. The Kier molecular flexibility index (Phi) is 6.25. The van der Waals surface area contributed by atoms with Crippen LogP contribution in [0.4, 0.5) is 17.6 Å². The highest BCUT2D eigenvalue weighted by molar-refractivity contribution is 6.00. The van der Waals surface area contributed by atoms with Crippen LogP contribution in [0, 0.1) is 11.7 Å². The van der Waals surface area contributed by atoms with Crippen LogP contribution in [-0.4, -0.2) is 53.1 Å². The Morgan fingerprint density at radius 3 is 2.63 bits per heavy atom. The topological polar surface area (TPSA) is 88.8 Å². The van der Waals surface area contributed by atoms with Crippen molar-refractivity contribution in [2.45, 2.75) is 37.9 Å². The summed E-state index contributed by atoms with van der Waals surface area (Å²) in [5, 5.41) is 10.6. The number of aryl methyl sites for hydroxylation is 1. The van der Waals surface area contributed by atoms with Gasteiger partial charge in [-0.25, -0.2) is 4.39 Å². The van der Waals surface area contributed by atoms with Crippen molar-refractivity contribution in [3.63, 3.8) is 0 Å². The first-order valence-corrected chi connectivity index (χ1v) is 11.1. The fourth-order valence-corrected chi connectivity index (χ4v) is 4.89. The number of nitrogens with zero attached hydrogens (tertiary/aromatic N) is 2. The fourth-order valence-electron chi connectivity index (χ4n) is 4.89. The van der Waals surface area contributed by atoms with Gasteiger partial charge in [0.15, 0.2) is 17.2 Å². The van der Waals surface area contributed by atoms with E-state index in [1.807, 2.05) is 0 Å². The second-order valence-electron chi connectivity index (χ2n) is 8.92. The summed E-state index contributed by atoms with van der Waals surface area (Å²) in [5.74, 6) is -3.66. The average molecular weight is 496 g/mol. The van der Waals surface area contributed by atoms with Gasteiger partial charge in [-0.3, -0.25) is 14.4 Å². The molecule has 1 amide bonds. The third-order valence-corrected chi connectivity index (χ3v) is 6.87. The summed E-state index contributed by atoms with van der Waals surface area (Å²) in [6, 6.07) is 2.79. The number of likely N-dealkylation sites (N-methyl/N-ethyl adjacent to an activating group) is 1. The first kappa shape index (κ1) is 24.9. The molecule has 2 aromatic rings. The van der Waals surface area contributed by atoms with Crippen LogP contribution in [0.2, 0.25) is 0 Å². The van der Waals surface area contributed by atoms with Crippen molar-refractivity contribution < 1.29 is 37.0 Å². The number of aromatic hydroxyl groups is 1. The highest BCUT2D eigenvalue weighted by Gasteiger charge is 2.60. The number of carbonyl (C=O) groups is 2. The van der Waals surface area contributed by atoms with Crippen LogP contribution in [0.1, 0.15) is 51.7 Å². The van der Waals surface area contributed by atoms with E-state index in [0.717, 1.165) is 12.1 Å². The van der Waals surface area contributed by atoms with Gasteiger partial charge in [-0.2, -0.15) is 13.2 Å². The van der Waals surface area contributed by atoms with Crippen molar-refractivity contribution >= 4 is 11.7 Å². The molecule has 11 heteroatoms. The average Bonchev–Trinajstić information content (AvgIpc) is 3.49. The molecule has 2 aliphatic rings. The summed E-state index contributed by atoms with van der Waals surface area (Å²) in [4.78, 5) is 40.2. The number of Topliss-reactive ketones (excluding diaryl/α,β-unsaturated/α-hetero) is 1. The molecule has 2 heterocycles. The minimum Gasteiger partial charge on any atom is -0.503 e. The number of hydrogen-bond acceptors (Lipinski definition) is 5. The summed E-state index contributed by atoms with van der Waals surface area (Å²) >= 11 is 0. The number of ketones is 1. The molecule has 1 N–H and O–H groups in total. The summed E-state index contributed by atoms with van der Waals surface area (Å²) in [6.45, 7) is 2.82. The summed E-state index contributed by atoms with van der Waals surface area (Å²) in [6.07, 6.45) is -3.89. The summed E-state index contributed by atoms with van der Waals surface area (Å²) in [5.41, 5.74) is -4.06. The lowest BCUT2D eigenvalue weighted by atomic mass is 9.99. The van der Waals surface area contributed by atoms with E-state index in [0.29, 0.717) is 32.2 Å². The molecule has 0 unspecified atom stereocenters. The van der Waals surface area contributed by atoms with Gasteiger partial charge in [-0.05, 0) is 31.4 Å². The number of ether oxygens (including phenoxy) is 1. The molecule has 2 atom stereocenters.